The number of aliphatic hydroxyl groups excluding tert-OH is 1. The normalized spacial score (nSPS) is 14.5. The van der Waals surface area contributed by atoms with Crippen molar-refractivity contribution in [2.45, 2.75) is 77.9 Å². The highest BCUT2D eigenvalue weighted by molar-refractivity contribution is 5.69. The molecule has 0 heterocycles. The number of aliphatic hydroxyl groups is 1. The number of rotatable bonds is 9. The van der Waals surface area contributed by atoms with Gasteiger partial charge in [0.2, 0.25) is 0 Å². The minimum absolute atomic E-state index is 0.122. The van der Waals surface area contributed by atoms with Crippen LogP contribution in [0.15, 0.2) is 0 Å². The molecule has 0 aromatic rings. The third-order valence-electron chi connectivity index (χ3n) is 2.59. The van der Waals surface area contributed by atoms with Crippen LogP contribution < -0.4 is 0 Å². The van der Waals surface area contributed by atoms with Gasteiger partial charge in [-0.3, -0.25) is 4.79 Å². The summed E-state index contributed by atoms with van der Waals surface area (Å²) in [5, 5.41) is 9.22. The second kappa shape index (κ2) is 9.64. The molecule has 0 rings (SSSR count). The largest absolute Gasteiger partial charge is 0.462 e. The molecule has 0 aliphatic carbocycles. The average Bonchev–Trinajstić information content (AvgIpc) is 2.23. The molecule has 0 fully saturated rings. The molecule has 0 aliphatic rings. The van der Waals surface area contributed by atoms with E-state index in [4.69, 9.17) is 4.74 Å². The first-order valence-electron chi connectivity index (χ1n) is 6.47. The van der Waals surface area contributed by atoms with Crippen LogP contribution in [0.5, 0.6) is 0 Å². The molecular weight excluding hydrogens is 204 g/mol. The van der Waals surface area contributed by atoms with Crippen LogP contribution in [0, 0.1) is 0 Å². The third kappa shape index (κ3) is 8.72. The lowest BCUT2D eigenvalue weighted by atomic mass is 10.1. The molecule has 0 amide bonds. The standard InChI is InChI=1S/C13H26O3/c1-4-6-7-8-9-13(15)16-12(5-2)10-11(3)14/h11-12,14H,4-10H2,1-3H3. The molecule has 0 saturated carbocycles. The van der Waals surface area contributed by atoms with Gasteiger partial charge in [0.1, 0.15) is 6.10 Å². The first-order chi connectivity index (χ1) is 7.60. The summed E-state index contributed by atoms with van der Waals surface area (Å²) >= 11 is 0. The van der Waals surface area contributed by atoms with Gasteiger partial charge in [0.05, 0.1) is 6.10 Å². The van der Waals surface area contributed by atoms with E-state index in [-0.39, 0.29) is 12.1 Å². The van der Waals surface area contributed by atoms with Crippen LogP contribution in [0.2, 0.25) is 0 Å². The first kappa shape index (κ1) is 15.4. The van der Waals surface area contributed by atoms with Crippen molar-refractivity contribution in [2.75, 3.05) is 0 Å². The maximum atomic E-state index is 11.5. The van der Waals surface area contributed by atoms with E-state index < -0.39 is 6.10 Å². The summed E-state index contributed by atoms with van der Waals surface area (Å²) in [7, 11) is 0. The van der Waals surface area contributed by atoms with Crippen molar-refractivity contribution in [3.05, 3.63) is 0 Å². The minimum Gasteiger partial charge on any atom is -0.462 e. The molecule has 1 N–H and O–H groups in total. The SMILES string of the molecule is CCCCCCC(=O)OC(CC)CC(C)O. The summed E-state index contributed by atoms with van der Waals surface area (Å²) in [5.74, 6) is -0.122. The van der Waals surface area contributed by atoms with Gasteiger partial charge in [-0.25, -0.2) is 0 Å². The van der Waals surface area contributed by atoms with Gasteiger partial charge in [-0.15, -0.1) is 0 Å². The molecule has 0 radical (unpaired) electrons. The topological polar surface area (TPSA) is 46.5 Å². The highest BCUT2D eigenvalue weighted by Crippen LogP contribution is 2.10. The van der Waals surface area contributed by atoms with Crippen LogP contribution >= 0.6 is 0 Å². The van der Waals surface area contributed by atoms with Crippen molar-refractivity contribution < 1.29 is 14.6 Å². The van der Waals surface area contributed by atoms with E-state index in [1.807, 2.05) is 6.92 Å². The van der Waals surface area contributed by atoms with Gasteiger partial charge in [0, 0.05) is 12.8 Å². The van der Waals surface area contributed by atoms with E-state index in [0.29, 0.717) is 12.8 Å². The molecule has 16 heavy (non-hydrogen) atoms. The van der Waals surface area contributed by atoms with E-state index >= 15 is 0 Å². The van der Waals surface area contributed by atoms with Crippen molar-refractivity contribution >= 4 is 5.97 Å². The molecule has 96 valence electrons. The van der Waals surface area contributed by atoms with E-state index in [1.54, 1.807) is 6.92 Å². The lowest BCUT2D eigenvalue weighted by molar-refractivity contribution is -0.150. The molecule has 0 aliphatic heterocycles. The summed E-state index contributed by atoms with van der Waals surface area (Å²) in [6.07, 6.45) is 5.65. The smallest absolute Gasteiger partial charge is 0.306 e. The molecule has 0 spiro atoms. The van der Waals surface area contributed by atoms with Gasteiger partial charge in [-0.1, -0.05) is 33.1 Å². The Morgan fingerprint density at radius 1 is 1.25 bits per heavy atom. The Morgan fingerprint density at radius 3 is 2.44 bits per heavy atom. The molecule has 3 heteroatoms. The Balaban J connectivity index is 3.66. The van der Waals surface area contributed by atoms with Crippen LogP contribution in [0.4, 0.5) is 0 Å². The fraction of sp³-hybridized carbons (Fsp3) is 0.923. The number of hydrogen-bond acceptors (Lipinski definition) is 3. The average molecular weight is 230 g/mol. The second-order valence-corrected chi connectivity index (χ2v) is 4.42. The molecular formula is C13H26O3. The predicted octanol–water partition coefficient (Wildman–Crippen LogP) is 3.05. The predicted molar refractivity (Wildman–Crippen MR) is 65.2 cm³/mol. The Bertz CT molecular complexity index is 178. The lowest BCUT2D eigenvalue weighted by Crippen LogP contribution is -2.21. The van der Waals surface area contributed by atoms with Crippen LogP contribution in [0.1, 0.15) is 65.7 Å². The molecule has 2 atom stereocenters. The zero-order chi connectivity index (χ0) is 12.4. The zero-order valence-electron chi connectivity index (χ0n) is 10.9. The minimum atomic E-state index is -0.405. The van der Waals surface area contributed by atoms with E-state index in [0.717, 1.165) is 19.3 Å². The zero-order valence-corrected chi connectivity index (χ0v) is 10.9. The van der Waals surface area contributed by atoms with Gasteiger partial charge in [-0.2, -0.15) is 0 Å². The van der Waals surface area contributed by atoms with Crippen molar-refractivity contribution in [1.82, 2.24) is 0 Å². The molecule has 0 aromatic carbocycles. The number of carbonyl (C=O) groups is 1. The number of ether oxygens (including phenoxy) is 1. The maximum Gasteiger partial charge on any atom is 0.306 e. The molecule has 0 aromatic heterocycles. The Kier molecular flexibility index (Phi) is 9.30. The summed E-state index contributed by atoms with van der Waals surface area (Å²) in [4.78, 5) is 11.5. The van der Waals surface area contributed by atoms with E-state index in [2.05, 4.69) is 6.92 Å². The maximum absolute atomic E-state index is 11.5. The van der Waals surface area contributed by atoms with Crippen molar-refractivity contribution in [2.24, 2.45) is 0 Å². The summed E-state index contributed by atoms with van der Waals surface area (Å²) in [6, 6.07) is 0. The Morgan fingerprint density at radius 2 is 1.94 bits per heavy atom. The monoisotopic (exact) mass is 230 g/mol. The van der Waals surface area contributed by atoms with Gasteiger partial charge >= 0.3 is 5.97 Å². The summed E-state index contributed by atoms with van der Waals surface area (Å²) in [5.41, 5.74) is 0. The fourth-order valence-electron chi connectivity index (χ4n) is 1.62. The fourth-order valence-corrected chi connectivity index (χ4v) is 1.62. The van der Waals surface area contributed by atoms with Gasteiger partial charge in [0.25, 0.3) is 0 Å². The number of hydrogen-bond donors (Lipinski definition) is 1. The highest BCUT2D eigenvalue weighted by atomic mass is 16.5. The number of unbranched alkanes of at least 4 members (excludes halogenated alkanes) is 3. The van der Waals surface area contributed by atoms with Crippen LogP contribution in [0.3, 0.4) is 0 Å². The number of carbonyl (C=O) groups excluding carboxylic acids is 1. The van der Waals surface area contributed by atoms with Crippen molar-refractivity contribution in [3.63, 3.8) is 0 Å². The van der Waals surface area contributed by atoms with Crippen LogP contribution in [-0.4, -0.2) is 23.3 Å². The first-order valence-corrected chi connectivity index (χ1v) is 6.47. The van der Waals surface area contributed by atoms with Gasteiger partial charge in [0.15, 0.2) is 0 Å². The van der Waals surface area contributed by atoms with Crippen LogP contribution in [-0.2, 0) is 9.53 Å². The Hall–Kier alpha value is -0.570. The van der Waals surface area contributed by atoms with Crippen molar-refractivity contribution in [3.8, 4) is 0 Å². The van der Waals surface area contributed by atoms with E-state index in [9.17, 15) is 9.90 Å². The molecule has 2 unspecified atom stereocenters. The highest BCUT2D eigenvalue weighted by Gasteiger charge is 2.14. The molecule has 0 saturated heterocycles. The molecule has 0 bridgehead atoms. The summed E-state index contributed by atoms with van der Waals surface area (Å²) in [6.45, 7) is 5.84. The van der Waals surface area contributed by atoms with Gasteiger partial charge in [-0.05, 0) is 19.8 Å². The van der Waals surface area contributed by atoms with Crippen molar-refractivity contribution in [1.29, 1.82) is 0 Å². The van der Waals surface area contributed by atoms with Crippen LogP contribution in [0.25, 0.3) is 0 Å². The lowest BCUT2D eigenvalue weighted by Gasteiger charge is -2.17. The Labute approximate surface area is 99.2 Å². The number of esters is 1. The third-order valence-corrected chi connectivity index (χ3v) is 2.59. The van der Waals surface area contributed by atoms with Gasteiger partial charge < -0.3 is 9.84 Å². The molecule has 3 nitrogen and oxygen atoms in total. The quantitative estimate of drug-likeness (QED) is 0.489. The second-order valence-electron chi connectivity index (χ2n) is 4.42. The van der Waals surface area contributed by atoms with E-state index in [1.165, 1.54) is 12.8 Å². The summed E-state index contributed by atoms with van der Waals surface area (Å²) < 4.78 is 5.29.